The fourth-order valence-corrected chi connectivity index (χ4v) is 3.92. The molecule has 88 valence electrons. The maximum absolute atomic E-state index is 11.3. The molecule has 2 N–H and O–H groups in total. The second-order valence-electron chi connectivity index (χ2n) is 4.35. The third-order valence-corrected chi connectivity index (χ3v) is 4.58. The summed E-state index contributed by atoms with van der Waals surface area (Å²) in [6, 6.07) is 0. The summed E-state index contributed by atoms with van der Waals surface area (Å²) in [6.07, 6.45) is 5.80. The predicted octanol–water partition coefficient (Wildman–Crippen LogP) is 1.72. The molecule has 1 fully saturated rings. The minimum atomic E-state index is -1.13. The minimum Gasteiger partial charge on any atom is -0.479 e. The highest BCUT2D eigenvalue weighted by atomic mass is 32.2. The van der Waals surface area contributed by atoms with Gasteiger partial charge in [-0.3, -0.25) is 4.79 Å². The highest BCUT2D eigenvalue weighted by Crippen LogP contribution is 2.51. The zero-order valence-electron chi connectivity index (χ0n) is 9.16. The zero-order chi connectivity index (χ0) is 11.8. The smallest absolute Gasteiger partial charge is 0.340 e. The number of carbonyl (C=O) groups is 2. The number of rotatable bonds is 2. The van der Waals surface area contributed by atoms with Crippen molar-refractivity contribution in [3.63, 3.8) is 0 Å². The largest absolute Gasteiger partial charge is 0.479 e. The van der Waals surface area contributed by atoms with Gasteiger partial charge < -0.3 is 10.4 Å². The SMILES string of the molecule is CC(=O)NC1(C(=O)O)CC2CCCC=C2S1. The number of aliphatic carboxylic acids is 1. The van der Waals surface area contributed by atoms with Crippen LogP contribution in [0.2, 0.25) is 0 Å². The number of fused-ring (bicyclic) bond motifs is 1. The van der Waals surface area contributed by atoms with E-state index < -0.39 is 10.8 Å². The zero-order valence-corrected chi connectivity index (χ0v) is 9.97. The normalized spacial score (nSPS) is 32.8. The standard InChI is InChI=1S/C11H15NO3S/c1-7(13)12-11(10(14)15)6-8-4-2-3-5-9(8)16-11/h5,8H,2-4,6H2,1H3,(H,12,13)(H,14,15). The first-order chi connectivity index (χ1) is 7.53. The van der Waals surface area contributed by atoms with Crippen LogP contribution in [-0.2, 0) is 9.59 Å². The molecular formula is C11H15NO3S. The molecule has 0 saturated carbocycles. The topological polar surface area (TPSA) is 66.4 Å². The lowest BCUT2D eigenvalue weighted by Crippen LogP contribution is -2.49. The van der Waals surface area contributed by atoms with Gasteiger partial charge in [0.15, 0.2) is 4.87 Å². The van der Waals surface area contributed by atoms with Crippen LogP contribution in [0.1, 0.15) is 32.6 Å². The van der Waals surface area contributed by atoms with E-state index in [1.165, 1.54) is 18.7 Å². The number of nitrogens with one attached hydrogen (secondary N) is 1. The highest BCUT2D eigenvalue weighted by molar-refractivity contribution is 8.05. The fourth-order valence-electron chi connectivity index (χ4n) is 2.38. The number of carboxylic acid groups (broad SMARTS) is 1. The Kier molecular flexibility index (Phi) is 2.97. The van der Waals surface area contributed by atoms with Gasteiger partial charge in [0, 0.05) is 6.92 Å². The van der Waals surface area contributed by atoms with Crippen LogP contribution in [0.3, 0.4) is 0 Å². The molecule has 1 aliphatic heterocycles. The van der Waals surface area contributed by atoms with Crippen molar-refractivity contribution in [3.05, 3.63) is 11.0 Å². The molecule has 0 bridgehead atoms. The van der Waals surface area contributed by atoms with Crippen LogP contribution in [0.5, 0.6) is 0 Å². The first-order valence-electron chi connectivity index (χ1n) is 5.45. The maximum atomic E-state index is 11.3. The van der Waals surface area contributed by atoms with Crippen molar-refractivity contribution in [2.45, 2.75) is 37.5 Å². The quantitative estimate of drug-likeness (QED) is 0.772. The van der Waals surface area contributed by atoms with Crippen molar-refractivity contribution < 1.29 is 14.7 Å². The highest BCUT2D eigenvalue weighted by Gasteiger charge is 2.50. The van der Waals surface area contributed by atoms with Crippen molar-refractivity contribution in [2.75, 3.05) is 0 Å². The van der Waals surface area contributed by atoms with Gasteiger partial charge in [-0.05, 0) is 36.5 Å². The second kappa shape index (κ2) is 4.13. The maximum Gasteiger partial charge on any atom is 0.340 e. The van der Waals surface area contributed by atoms with Crippen molar-refractivity contribution >= 4 is 23.6 Å². The lowest BCUT2D eigenvalue weighted by molar-refractivity contribution is -0.143. The molecule has 4 nitrogen and oxygen atoms in total. The summed E-state index contributed by atoms with van der Waals surface area (Å²) in [7, 11) is 0. The van der Waals surface area contributed by atoms with Gasteiger partial charge in [0.2, 0.25) is 5.91 Å². The summed E-state index contributed by atoms with van der Waals surface area (Å²) in [5, 5.41) is 11.9. The minimum absolute atomic E-state index is 0.283. The monoisotopic (exact) mass is 241 g/mol. The van der Waals surface area contributed by atoms with Crippen LogP contribution >= 0.6 is 11.8 Å². The Morgan fingerprint density at radius 1 is 1.62 bits per heavy atom. The number of carbonyl (C=O) groups excluding carboxylic acids is 1. The van der Waals surface area contributed by atoms with Gasteiger partial charge in [-0.25, -0.2) is 4.79 Å². The first-order valence-corrected chi connectivity index (χ1v) is 6.26. The van der Waals surface area contributed by atoms with Crippen LogP contribution in [0.25, 0.3) is 0 Å². The average Bonchev–Trinajstić information content (AvgIpc) is 2.55. The lowest BCUT2D eigenvalue weighted by atomic mass is 9.90. The Labute approximate surface area is 98.5 Å². The van der Waals surface area contributed by atoms with Crippen molar-refractivity contribution in [3.8, 4) is 0 Å². The molecule has 2 atom stereocenters. The Balaban J connectivity index is 2.23. The van der Waals surface area contributed by atoms with Gasteiger partial charge in [-0.2, -0.15) is 0 Å². The Morgan fingerprint density at radius 3 is 2.94 bits per heavy atom. The van der Waals surface area contributed by atoms with Crippen LogP contribution in [-0.4, -0.2) is 21.9 Å². The van der Waals surface area contributed by atoms with E-state index in [0.29, 0.717) is 12.3 Å². The van der Waals surface area contributed by atoms with Crippen molar-refractivity contribution in [1.82, 2.24) is 5.32 Å². The molecule has 5 heteroatoms. The Morgan fingerprint density at radius 2 is 2.38 bits per heavy atom. The van der Waals surface area contributed by atoms with E-state index in [1.54, 1.807) is 0 Å². The van der Waals surface area contributed by atoms with Crippen molar-refractivity contribution in [2.24, 2.45) is 5.92 Å². The average molecular weight is 241 g/mol. The third-order valence-electron chi connectivity index (χ3n) is 3.05. The molecule has 0 spiro atoms. The summed E-state index contributed by atoms with van der Waals surface area (Å²) in [5.41, 5.74) is 0. The lowest BCUT2D eigenvalue weighted by Gasteiger charge is -2.23. The summed E-state index contributed by atoms with van der Waals surface area (Å²) in [5.74, 6) is -0.904. The van der Waals surface area contributed by atoms with Gasteiger partial charge in [-0.15, -0.1) is 0 Å². The van der Waals surface area contributed by atoms with Gasteiger partial charge in [0.25, 0.3) is 0 Å². The molecule has 2 rings (SSSR count). The molecule has 2 unspecified atom stereocenters. The molecular weight excluding hydrogens is 226 g/mol. The molecule has 0 aromatic carbocycles. The fraction of sp³-hybridized carbons (Fsp3) is 0.636. The van der Waals surface area contributed by atoms with E-state index in [-0.39, 0.29) is 5.91 Å². The van der Waals surface area contributed by atoms with Gasteiger partial charge >= 0.3 is 5.97 Å². The number of thioether (sulfide) groups is 1. The molecule has 2 aliphatic rings. The second-order valence-corrected chi connectivity index (χ2v) is 5.73. The molecule has 1 saturated heterocycles. The first kappa shape index (κ1) is 11.5. The van der Waals surface area contributed by atoms with E-state index in [2.05, 4.69) is 11.4 Å². The summed E-state index contributed by atoms with van der Waals surface area (Å²) >= 11 is 1.31. The van der Waals surface area contributed by atoms with Crippen LogP contribution in [0.4, 0.5) is 0 Å². The van der Waals surface area contributed by atoms with Crippen LogP contribution < -0.4 is 5.32 Å². The molecule has 16 heavy (non-hydrogen) atoms. The number of hydrogen-bond acceptors (Lipinski definition) is 3. The molecule has 1 amide bonds. The van der Waals surface area contributed by atoms with Crippen LogP contribution in [0.15, 0.2) is 11.0 Å². The number of allylic oxidation sites excluding steroid dienone is 2. The van der Waals surface area contributed by atoms with E-state index in [4.69, 9.17) is 0 Å². The molecule has 0 radical (unpaired) electrons. The summed E-state index contributed by atoms with van der Waals surface area (Å²) in [6.45, 7) is 1.36. The van der Waals surface area contributed by atoms with Gasteiger partial charge in [-0.1, -0.05) is 17.8 Å². The molecule has 1 aliphatic carbocycles. The van der Waals surface area contributed by atoms with E-state index in [9.17, 15) is 14.7 Å². The predicted molar refractivity (Wildman–Crippen MR) is 61.8 cm³/mol. The van der Waals surface area contributed by atoms with Gasteiger partial charge in [0.05, 0.1) is 0 Å². The van der Waals surface area contributed by atoms with Crippen molar-refractivity contribution in [1.29, 1.82) is 0 Å². The van der Waals surface area contributed by atoms with E-state index in [0.717, 1.165) is 24.2 Å². The van der Waals surface area contributed by atoms with E-state index in [1.807, 2.05) is 0 Å². The molecule has 0 aromatic rings. The number of carboxylic acids is 1. The van der Waals surface area contributed by atoms with Crippen LogP contribution in [0, 0.1) is 5.92 Å². The third kappa shape index (κ3) is 1.96. The number of amides is 1. The molecule has 1 heterocycles. The summed E-state index contributed by atoms with van der Waals surface area (Å²) in [4.78, 5) is 22.5. The molecule has 0 aromatic heterocycles. The summed E-state index contributed by atoms with van der Waals surface area (Å²) < 4.78 is 0. The van der Waals surface area contributed by atoms with Gasteiger partial charge in [0.1, 0.15) is 0 Å². The Hall–Kier alpha value is -0.970. The Bertz CT molecular complexity index is 366. The van der Waals surface area contributed by atoms with E-state index >= 15 is 0 Å². The number of hydrogen-bond donors (Lipinski definition) is 2.